The predicted octanol–water partition coefficient (Wildman–Crippen LogP) is 1.34. The van der Waals surface area contributed by atoms with Crippen LogP contribution in [0.15, 0.2) is 17.4 Å². The molecule has 1 aliphatic heterocycles. The fraction of sp³-hybridized carbons (Fsp3) is 0.545. The zero-order chi connectivity index (χ0) is 12.1. The van der Waals surface area contributed by atoms with E-state index in [0.717, 1.165) is 23.9 Å². The van der Waals surface area contributed by atoms with Gasteiger partial charge in [-0.25, -0.2) is 4.98 Å². The van der Waals surface area contributed by atoms with Crippen molar-refractivity contribution >= 4 is 23.5 Å². The first-order valence-electron chi connectivity index (χ1n) is 5.56. The molecule has 0 unspecified atom stereocenters. The lowest BCUT2D eigenvalue weighted by Gasteiger charge is -2.15. The highest BCUT2D eigenvalue weighted by molar-refractivity contribution is 7.99. The molecule has 0 N–H and O–H groups in total. The third-order valence-corrected chi connectivity index (χ3v) is 3.47. The van der Waals surface area contributed by atoms with Crippen LogP contribution in [0.5, 0.6) is 0 Å². The maximum Gasteiger partial charge on any atom is 0.316 e. The standard InChI is InChI=1S/C11H15N3O2S/c1-16-11(15)8-17-10-7-12-6-9(13-10)14-4-2-3-5-14/h6-7H,2-5,8H2,1H3. The Bertz CT molecular complexity index is 394. The van der Waals surface area contributed by atoms with Crippen LogP contribution in [-0.2, 0) is 9.53 Å². The molecule has 0 amide bonds. The number of ether oxygens (including phenoxy) is 1. The van der Waals surface area contributed by atoms with Gasteiger partial charge >= 0.3 is 5.97 Å². The van der Waals surface area contributed by atoms with Gasteiger partial charge in [-0.05, 0) is 12.8 Å². The Morgan fingerprint density at radius 3 is 2.94 bits per heavy atom. The molecule has 1 saturated heterocycles. The minimum Gasteiger partial charge on any atom is -0.468 e. The van der Waals surface area contributed by atoms with Crippen molar-refractivity contribution in [3.63, 3.8) is 0 Å². The van der Waals surface area contributed by atoms with Crippen molar-refractivity contribution in [1.29, 1.82) is 0 Å². The smallest absolute Gasteiger partial charge is 0.316 e. The molecule has 0 radical (unpaired) electrons. The molecule has 17 heavy (non-hydrogen) atoms. The van der Waals surface area contributed by atoms with Gasteiger partial charge in [0.25, 0.3) is 0 Å². The van der Waals surface area contributed by atoms with Crippen molar-refractivity contribution in [1.82, 2.24) is 9.97 Å². The maximum atomic E-state index is 11.0. The van der Waals surface area contributed by atoms with Gasteiger partial charge in [0.2, 0.25) is 0 Å². The van der Waals surface area contributed by atoms with Crippen LogP contribution in [0.4, 0.5) is 5.82 Å². The number of hydrogen-bond donors (Lipinski definition) is 0. The van der Waals surface area contributed by atoms with Crippen LogP contribution in [0.25, 0.3) is 0 Å². The van der Waals surface area contributed by atoms with Gasteiger partial charge in [0.15, 0.2) is 0 Å². The Hall–Kier alpha value is -1.30. The molecule has 0 aromatic carbocycles. The SMILES string of the molecule is COC(=O)CSc1cncc(N2CCCC2)n1. The summed E-state index contributed by atoms with van der Waals surface area (Å²) in [6.45, 7) is 2.08. The number of esters is 1. The minimum absolute atomic E-state index is 0.247. The Balaban J connectivity index is 1.98. The summed E-state index contributed by atoms with van der Waals surface area (Å²) < 4.78 is 4.58. The summed E-state index contributed by atoms with van der Waals surface area (Å²) in [5.41, 5.74) is 0. The van der Waals surface area contributed by atoms with Gasteiger partial charge in [0, 0.05) is 13.1 Å². The molecule has 0 aliphatic carbocycles. The van der Waals surface area contributed by atoms with Gasteiger partial charge in [-0.15, -0.1) is 0 Å². The second kappa shape index (κ2) is 5.86. The first kappa shape index (κ1) is 12.2. The molecule has 0 bridgehead atoms. The highest BCUT2D eigenvalue weighted by Gasteiger charge is 2.14. The average Bonchev–Trinajstić information content (AvgIpc) is 2.90. The number of rotatable bonds is 4. The molecule has 92 valence electrons. The molecule has 0 spiro atoms. The van der Waals surface area contributed by atoms with Gasteiger partial charge in [0.1, 0.15) is 10.8 Å². The number of carbonyl (C=O) groups is 1. The first-order chi connectivity index (χ1) is 8.29. The topological polar surface area (TPSA) is 55.3 Å². The van der Waals surface area contributed by atoms with Crippen LogP contribution < -0.4 is 4.90 Å². The molecular weight excluding hydrogens is 238 g/mol. The molecule has 5 nitrogen and oxygen atoms in total. The van der Waals surface area contributed by atoms with Crippen LogP contribution >= 0.6 is 11.8 Å². The number of carbonyl (C=O) groups excluding carboxylic acids is 1. The quantitative estimate of drug-likeness (QED) is 0.596. The van der Waals surface area contributed by atoms with E-state index < -0.39 is 0 Å². The maximum absolute atomic E-state index is 11.0. The van der Waals surface area contributed by atoms with E-state index in [9.17, 15) is 4.79 Å². The minimum atomic E-state index is -0.247. The number of anilines is 1. The molecule has 2 rings (SSSR count). The second-order valence-corrected chi connectivity index (χ2v) is 4.77. The summed E-state index contributed by atoms with van der Waals surface area (Å²) in [5.74, 6) is 0.926. The Morgan fingerprint density at radius 2 is 2.24 bits per heavy atom. The third kappa shape index (κ3) is 3.33. The van der Waals surface area contributed by atoms with E-state index in [4.69, 9.17) is 0 Å². The van der Waals surface area contributed by atoms with E-state index in [0.29, 0.717) is 0 Å². The third-order valence-electron chi connectivity index (χ3n) is 2.60. The van der Waals surface area contributed by atoms with Gasteiger partial charge in [-0.1, -0.05) is 11.8 Å². The number of methoxy groups -OCH3 is 1. The monoisotopic (exact) mass is 253 g/mol. The van der Waals surface area contributed by atoms with Gasteiger partial charge in [-0.2, -0.15) is 0 Å². The van der Waals surface area contributed by atoms with E-state index in [1.54, 1.807) is 12.4 Å². The summed E-state index contributed by atoms with van der Waals surface area (Å²) in [7, 11) is 1.38. The molecule has 1 aromatic heterocycles. The molecule has 6 heteroatoms. The van der Waals surface area contributed by atoms with Crippen LogP contribution in [-0.4, -0.2) is 41.9 Å². The van der Waals surface area contributed by atoms with Crippen molar-refractivity contribution in [2.45, 2.75) is 17.9 Å². The lowest BCUT2D eigenvalue weighted by molar-refractivity contribution is -0.137. The normalized spacial score (nSPS) is 15.0. The van der Waals surface area contributed by atoms with Crippen LogP contribution in [0.2, 0.25) is 0 Å². The van der Waals surface area contributed by atoms with Crippen LogP contribution in [0.3, 0.4) is 0 Å². The zero-order valence-corrected chi connectivity index (χ0v) is 10.6. The first-order valence-corrected chi connectivity index (χ1v) is 6.55. The largest absolute Gasteiger partial charge is 0.468 e. The molecule has 1 fully saturated rings. The molecular formula is C11H15N3O2S. The predicted molar refractivity (Wildman–Crippen MR) is 66.2 cm³/mol. The lowest BCUT2D eigenvalue weighted by Crippen LogP contribution is -2.19. The van der Waals surface area contributed by atoms with E-state index >= 15 is 0 Å². The van der Waals surface area contributed by atoms with Crippen LogP contribution in [0, 0.1) is 0 Å². The molecule has 0 saturated carbocycles. The van der Waals surface area contributed by atoms with Crippen LogP contribution in [0.1, 0.15) is 12.8 Å². The number of hydrogen-bond acceptors (Lipinski definition) is 6. The zero-order valence-electron chi connectivity index (χ0n) is 9.76. The lowest BCUT2D eigenvalue weighted by atomic mass is 10.4. The van der Waals surface area contributed by atoms with Crippen molar-refractivity contribution in [3.8, 4) is 0 Å². The summed E-state index contributed by atoms with van der Waals surface area (Å²) in [6, 6.07) is 0. The molecule has 0 atom stereocenters. The van der Waals surface area contributed by atoms with E-state index in [1.807, 2.05) is 0 Å². The number of aromatic nitrogens is 2. The van der Waals surface area contributed by atoms with Gasteiger partial charge < -0.3 is 9.64 Å². The summed E-state index contributed by atoms with van der Waals surface area (Å²) in [4.78, 5) is 21.9. The second-order valence-electron chi connectivity index (χ2n) is 3.77. The van der Waals surface area contributed by atoms with Crippen molar-refractivity contribution in [2.75, 3.05) is 30.9 Å². The molecule has 1 aliphatic rings. The van der Waals surface area contributed by atoms with E-state index in [-0.39, 0.29) is 11.7 Å². The Kier molecular flexibility index (Phi) is 4.19. The fourth-order valence-corrected chi connectivity index (χ4v) is 2.38. The average molecular weight is 253 g/mol. The number of thioether (sulfide) groups is 1. The molecule has 2 heterocycles. The molecule has 1 aromatic rings. The van der Waals surface area contributed by atoms with Crippen molar-refractivity contribution in [2.24, 2.45) is 0 Å². The summed E-state index contributed by atoms with van der Waals surface area (Å²) in [5, 5.41) is 0.764. The van der Waals surface area contributed by atoms with E-state index in [2.05, 4.69) is 19.6 Å². The van der Waals surface area contributed by atoms with E-state index in [1.165, 1.54) is 31.7 Å². The van der Waals surface area contributed by atoms with Gasteiger partial charge in [0.05, 0.1) is 25.3 Å². The van der Waals surface area contributed by atoms with Gasteiger partial charge in [-0.3, -0.25) is 9.78 Å². The van der Waals surface area contributed by atoms with Crippen molar-refractivity contribution < 1.29 is 9.53 Å². The summed E-state index contributed by atoms with van der Waals surface area (Å²) >= 11 is 1.35. The Morgan fingerprint density at radius 1 is 1.47 bits per heavy atom. The fourth-order valence-electron chi connectivity index (χ4n) is 1.70. The number of nitrogens with zero attached hydrogens (tertiary/aromatic N) is 3. The Labute approximate surface area is 105 Å². The van der Waals surface area contributed by atoms with Crippen molar-refractivity contribution in [3.05, 3.63) is 12.4 Å². The highest BCUT2D eigenvalue weighted by Crippen LogP contribution is 2.21. The highest BCUT2D eigenvalue weighted by atomic mass is 32.2. The summed E-state index contributed by atoms with van der Waals surface area (Å²) in [6.07, 6.45) is 5.86.